The van der Waals surface area contributed by atoms with Gasteiger partial charge in [0, 0.05) is 11.8 Å². The zero-order valence-corrected chi connectivity index (χ0v) is 9.27. The highest BCUT2D eigenvalue weighted by Gasteiger charge is 2.11. The highest BCUT2D eigenvalue weighted by atomic mass is 16.3. The normalized spacial score (nSPS) is 10.4. The molecule has 0 aliphatic carbocycles. The molecule has 4 nitrogen and oxygen atoms in total. The number of hydrogen-bond acceptors (Lipinski definition) is 3. The molecule has 1 aromatic rings. The molecule has 1 aromatic heterocycles. The first kappa shape index (κ1) is 12.5. The van der Waals surface area contributed by atoms with E-state index in [9.17, 15) is 4.79 Å². The molecule has 0 fully saturated rings. The molecule has 86 valence electrons. The summed E-state index contributed by atoms with van der Waals surface area (Å²) in [7, 11) is 0. The lowest BCUT2D eigenvalue weighted by atomic mass is 10.2. The Balaban J connectivity index is 2.88. The van der Waals surface area contributed by atoms with E-state index in [0.29, 0.717) is 11.3 Å². The van der Waals surface area contributed by atoms with Crippen LogP contribution >= 0.6 is 0 Å². The Morgan fingerprint density at radius 2 is 2.29 bits per heavy atom. The number of carbonyl (C=O) groups is 1. The van der Waals surface area contributed by atoms with Crippen molar-refractivity contribution < 1.29 is 9.21 Å². The van der Waals surface area contributed by atoms with Crippen molar-refractivity contribution in [3.63, 3.8) is 0 Å². The summed E-state index contributed by atoms with van der Waals surface area (Å²) in [6, 6.07) is 3.21. The van der Waals surface area contributed by atoms with Crippen LogP contribution in [0.2, 0.25) is 0 Å². The predicted octanol–water partition coefficient (Wildman–Crippen LogP) is 1.87. The SMILES string of the molecule is C#CCNC(=O)c1ccc(/C(C=C)=C/N=C)o1. The summed E-state index contributed by atoms with van der Waals surface area (Å²) in [5.74, 6) is 2.63. The van der Waals surface area contributed by atoms with Gasteiger partial charge in [-0.3, -0.25) is 9.79 Å². The number of rotatable bonds is 5. The highest BCUT2D eigenvalue weighted by molar-refractivity contribution is 5.92. The van der Waals surface area contributed by atoms with Crippen LogP contribution in [0.4, 0.5) is 0 Å². The molecule has 0 radical (unpaired) electrons. The fourth-order valence-corrected chi connectivity index (χ4v) is 1.15. The summed E-state index contributed by atoms with van der Waals surface area (Å²) in [5.41, 5.74) is 0.649. The van der Waals surface area contributed by atoms with E-state index in [1.165, 1.54) is 6.20 Å². The van der Waals surface area contributed by atoms with Gasteiger partial charge in [0.05, 0.1) is 6.54 Å². The minimum absolute atomic E-state index is 0.160. The van der Waals surface area contributed by atoms with Crippen molar-refractivity contribution in [3.8, 4) is 12.3 Å². The fourth-order valence-electron chi connectivity index (χ4n) is 1.15. The third-order valence-electron chi connectivity index (χ3n) is 1.92. The molecule has 0 saturated heterocycles. The summed E-state index contributed by atoms with van der Waals surface area (Å²) in [4.78, 5) is 15.1. The number of nitrogens with zero attached hydrogens (tertiary/aromatic N) is 1. The van der Waals surface area contributed by atoms with Gasteiger partial charge in [0.2, 0.25) is 0 Å². The summed E-state index contributed by atoms with van der Waals surface area (Å²) in [6.45, 7) is 7.12. The Kier molecular flexibility index (Phi) is 4.52. The number of amides is 1. The second-order valence-electron chi connectivity index (χ2n) is 3.02. The zero-order valence-electron chi connectivity index (χ0n) is 9.27. The van der Waals surface area contributed by atoms with Crippen LogP contribution in [0.25, 0.3) is 5.57 Å². The summed E-state index contributed by atoms with van der Waals surface area (Å²) < 4.78 is 5.34. The quantitative estimate of drug-likeness (QED) is 0.475. The van der Waals surface area contributed by atoms with Gasteiger partial charge in [-0.05, 0) is 18.9 Å². The number of carbonyl (C=O) groups excluding carboxylic acids is 1. The lowest BCUT2D eigenvalue weighted by Gasteiger charge is -1.98. The predicted molar refractivity (Wildman–Crippen MR) is 67.6 cm³/mol. The smallest absolute Gasteiger partial charge is 0.287 e. The van der Waals surface area contributed by atoms with Crippen molar-refractivity contribution >= 4 is 18.2 Å². The molecule has 1 rings (SSSR count). The van der Waals surface area contributed by atoms with Crippen LogP contribution < -0.4 is 5.32 Å². The van der Waals surface area contributed by atoms with Crippen LogP contribution in [-0.4, -0.2) is 19.2 Å². The van der Waals surface area contributed by atoms with Crippen LogP contribution in [0, 0.1) is 12.3 Å². The molecule has 0 unspecified atom stereocenters. The molecule has 1 amide bonds. The molecule has 0 atom stereocenters. The van der Waals surface area contributed by atoms with E-state index in [1.807, 2.05) is 0 Å². The van der Waals surface area contributed by atoms with Gasteiger partial charge in [-0.2, -0.15) is 0 Å². The second-order valence-corrected chi connectivity index (χ2v) is 3.02. The molecule has 1 heterocycles. The van der Waals surface area contributed by atoms with E-state index in [2.05, 4.69) is 29.5 Å². The maximum absolute atomic E-state index is 11.5. The number of furan rings is 1. The highest BCUT2D eigenvalue weighted by Crippen LogP contribution is 2.18. The summed E-state index contributed by atoms with van der Waals surface area (Å²) in [5, 5.41) is 2.50. The molecule has 0 saturated carbocycles. The lowest BCUT2D eigenvalue weighted by Crippen LogP contribution is -2.22. The van der Waals surface area contributed by atoms with Gasteiger partial charge >= 0.3 is 0 Å². The van der Waals surface area contributed by atoms with Crippen molar-refractivity contribution in [2.45, 2.75) is 0 Å². The Bertz CT molecular complexity index is 504. The molecular formula is C13H12N2O2. The molecule has 0 aliphatic heterocycles. The largest absolute Gasteiger partial charge is 0.451 e. The molecule has 4 heteroatoms. The third-order valence-corrected chi connectivity index (χ3v) is 1.92. The Labute approximate surface area is 99.7 Å². The fraction of sp³-hybridized carbons (Fsp3) is 0.0769. The van der Waals surface area contributed by atoms with Gasteiger partial charge in [0.15, 0.2) is 5.76 Å². The molecule has 1 N–H and O–H groups in total. The van der Waals surface area contributed by atoms with E-state index in [1.54, 1.807) is 18.2 Å². The third kappa shape index (κ3) is 3.21. The number of nitrogens with one attached hydrogen (secondary N) is 1. The first-order valence-corrected chi connectivity index (χ1v) is 4.83. The van der Waals surface area contributed by atoms with Crippen molar-refractivity contribution in [1.82, 2.24) is 5.32 Å². The Hall–Kier alpha value is -2.54. The molecule has 17 heavy (non-hydrogen) atoms. The van der Waals surface area contributed by atoms with E-state index >= 15 is 0 Å². The Morgan fingerprint density at radius 1 is 1.59 bits per heavy atom. The van der Waals surface area contributed by atoms with Crippen molar-refractivity contribution in [2.24, 2.45) is 4.99 Å². The first-order valence-electron chi connectivity index (χ1n) is 4.83. The number of aliphatic imine (C=N–C) groups is 1. The van der Waals surface area contributed by atoms with Gasteiger partial charge in [0.1, 0.15) is 5.76 Å². The van der Waals surface area contributed by atoms with Crippen molar-refractivity contribution in [3.05, 3.63) is 42.5 Å². The molecule has 0 bridgehead atoms. The van der Waals surface area contributed by atoms with Gasteiger partial charge in [-0.25, -0.2) is 0 Å². The molecule has 0 aromatic carbocycles. The molecular weight excluding hydrogens is 216 g/mol. The maximum Gasteiger partial charge on any atom is 0.287 e. The number of hydrogen-bond donors (Lipinski definition) is 1. The minimum atomic E-state index is -0.357. The van der Waals surface area contributed by atoms with E-state index < -0.39 is 0 Å². The van der Waals surface area contributed by atoms with E-state index in [-0.39, 0.29) is 18.2 Å². The van der Waals surface area contributed by atoms with Gasteiger partial charge in [-0.1, -0.05) is 18.6 Å². The van der Waals surface area contributed by atoms with Crippen LogP contribution in [0.5, 0.6) is 0 Å². The van der Waals surface area contributed by atoms with Crippen LogP contribution in [0.3, 0.4) is 0 Å². The van der Waals surface area contributed by atoms with E-state index in [0.717, 1.165) is 0 Å². The minimum Gasteiger partial charge on any atom is -0.451 e. The summed E-state index contributed by atoms with van der Waals surface area (Å²) in [6.07, 6.45) is 8.09. The van der Waals surface area contributed by atoms with Crippen LogP contribution in [0.15, 0.2) is 40.4 Å². The summed E-state index contributed by atoms with van der Waals surface area (Å²) >= 11 is 0. The standard InChI is InChI=1S/C13H12N2O2/c1-4-8-15-13(16)12-7-6-11(17-12)10(5-2)9-14-3/h1,5-7,9H,2-3,8H2,(H,15,16)/b10-9+. The zero-order chi connectivity index (χ0) is 12.7. The maximum atomic E-state index is 11.5. The van der Waals surface area contributed by atoms with E-state index in [4.69, 9.17) is 10.8 Å². The van der Waals surface area contributed by atoms with Gasteiger partial charge in [-0.15, -0.1) is 6.42 Å². The van der Waals surface area contributed by atoms with Crippen molar-refractivity contribution in [1.29, 1.82) is 0 Å². The first-order chi connectivity index (χ1) is 8.22. The Morgan fingerprint density at radius 3 is 2.88 bits per heavy atom. The average molecular weight is 228 g/mol. The molecule has 0 spiro atoms. The lowest BCUT2D eigenvalue weighted by molar-refractivity contribution is 0.0930. The van der Waals surface area contributed by atoms with Crippen LogP contribution in [-0.2, 0) is 0 Å². The second kappa shape index (κ2) is 6.13. The van der Waals surface area contributed by atoms with Gasteiger partial charge < -0.3 is 9.73 Å². The number of terminal acetylenes is 1. The number of allylic oxidation sites excluding steroid dienone is 2. The van der Waals surface area contributed by atoms with Gasteiger partial charge in [0.25, 0.3) is 5.91 Å². The van der Waals surface area contributed by atoms with Crippen LogP contribution in [0.1, 0.15) is 16.3 Å². The average Bonchev–Trinajstić information content (AvgIpc) is 2.82. The molecule has 0 aliphatic rings. The topological polar surface area (TPSA) is 54.6 Å². The monoisotopic (exact) mass is 228 g/mol. The van der Waals surface area contributed by atoms with Crippen molar-refractivity contribution in [2.75, 3.05) is 6.54 Å².